The molecule has 23 heavy (non-hydrogen) atoms. The number of allylic oxidation sites excluding steroid dienone is 3. The molecule has 0 heterocycles. The zero-order valence-corrected chi connectivity index (χ0v) is 14.2. The molecule has 1 aromatic rings. The fraction of sp³-hybridized carbons (Fsp3) is 0.500. The third-order valence-electron chi connectivity index (χ3n) is 6.34. The summed E-state index contributed by atoms with van der Waals surface area (Å²) in [6.07, 6.45) is 10.4. The van der Waals surface area contributed by atoms with Gasteiger partial charge in [0.25, 0.3) is 0 Å². The number of hydrogen-bond donors (Lipinski definition) is 0. The zero-order chi connectivity index (χ0) is 16.0. The Labute approximate surface area is 139 Å². The molecule has 2 fully saturated rings. The number of rotatable bonds is 4. The summed E-state index contributed by atoms with van der Waals surface area (Å²) in [5, 5.41) is 0. The summed E-state index contributed by atoms with van der Waals surface area (Å²) in [6.45, 7) is 3.95. The fourth-order valence-electron chi connectivity index (χ4n) is 5.35. The van der Waals surface area contributed by atoms with Gasteiger partial charge in [-0.15, -0.1) is 0 Å². The van der Waals surface area contributed by atoms with Crippen LogP contribution in [0, 0.1) is 29.6 Å². The van der Waals surface area contributed by atoms with Crippen LogP contribution in [-0.4, -0.2) is 8.42 Å². The van der Waals surface area contributed by atoms with Crippen LogP contribution in [0.1, 0.15) is 32.1 Å². The summed E-state index contributed by atoms with van der Waals surface area (Å²) in [5.41, 5.74) is 0. The summed E-state index contributed by atoms with van der Waals surface area (Å²) < 4.78 is 25.5. The van der Waals surface area contributed by atoms with Gasteiger partial charge in [0.05, 0.1) is 4.90 Å². The molecular formula is C20H24O2S. The highest BCUT2D eigenvalue weighted by Crippen LogP contribution is 2.58. The smallest absolute Gasteiger partial charge is 0.202 e. The molecule has 4 rings (SSSR count). The Morgan fingerprint density at radius 2 is 1.87 bits per heavy atom. The van der Waals surface area contributed by atoms with Crippen molar-refractivity contribution in [3.05, 3.63) is 54.0 Å². The van der Waals surface area contributed by atoms with Crippen LogP contribution >= 0.6 is 0 Å². The number of sulfone groups is 1. The predicted molar refractivity (Wildman–Crippen MR) is 92.4 cm³/mol. The van der Waals surface area contributed by atoms with E-state index in [1.165, 1.54) is 25.7 Å². The summed E-state index contributed by atoms with van der Waals surface area (Å²) in [5.74, 6) is 3.52. The molecular weight excluding hydrogens is 304 g/mol. The van der Waals surface area contributed by atoms with Crippen LogP contribution in [0.4, 0.5) is 0 Å². The first kappa shape index (κ1) is 15.2. The van der Waals surface area contributed by atoms with Crippen molar-refractivity contribution in [1.82, 2.24) is 0 Å². The molecule has 3 heteroatoms. The first-order chi connectivity index (χ1) is 11.1. The van der Waals surface area contributed by atoms with Crippen molar-refractivity contribution in [3.63, 3.8) is 0 Å². The quantitative estimate of drug-likeness (QED) is 0.757. The van der Waals surface area contributed by atoms with Crippen LogP contribution in [-0.2, 0) is 9.84 Å². The highest BCUT2D eigenvalue weighted by molar-refractivity contribution is 7.95. The number of hydrogen-bond acceptors (Lipinski definition) is 2. The molecule has 1 aromatic carbocycles. The molecule has 0 N–H and O–H groups in total. The monoisotopic (exact) mass is 328 g/mol. The minimum atomic E-state index is -3.41. The van der Waals surface area contributed by atoms with E-state index in [1.807, 2.05) is 6.07 Å². The number of benzene rings is 1. The molecule has 0 amide bonds. The Balaban J connectivity index is 1.55. The third-order valence-corrected chi connectivity index (χ3v) is 8.16. The van der Waals surface area contributed by atoms with Crippen LogP contribution < -0.4 is 0 Å². The average Bonchev–Trinajstić information content (AvgIpc) is 3.18. The molecule has 122 valence electrons. The van der Waals surface area contributed by atoms with Gasteiger partial charge in [0.1, 0.15) is 0 Å². The summed E-state index contributed by atoms with van der Waals surface area (Å²) in [7, 11) is -3.41. The first-order valence-corrected chi connectivity index (χ1v) is 10.2. The van der Waals surface area contributed by atoms with Crippen molar-refractivity contribution in [1.29, 1.82) is 0 Å². The van der Waals surface area contributed by atoms with E-state index in [4.69, 9.17) is 0 Å². The van der Waals surface area contributed by atoms with Crippen molar-refractivity contribution in [3.8, 4) is 0 Å². The van der Waals surface area contributed by atoms with E-state index in [2.05, 4.69) is 18.7 Å². The molecule has 3 aliphatic rings. The Bertz CT molecular complexity index is 732. The zero-order valence-electron chi connectivity index (χ0n) is 13.4. The largest absolute Gasteiger partial charge is 0.219 e. The Morgan fingerprint density at radius 1 is 1.13 bits per heavy atom. The molecule has 0 radical (unpaired) electrons. The van der Waals surface area contributed by atoms with Crippen molar-refractivity contribution in [2.45, 2.75) is 37.0 Å². The van der Waals surface area contributed by atoms with Crippen LogP contribution in [0.2, 0.25) is 0 Å². The van der Waals surface area contributed by atoms with Crippen LogP contribution in [0.25, 0.3) is 0 Å². The molecule has 0 spiro atoms. The highest BCUT2D eigenvalue weighted by Gasteiger charge is 2.50. The second-order valence-electron chi connectivity index (χ2n) is 7.46. The SMILES string of the molecule is C=C(CC1C=CCC2C3CCC(C3)C12)S(=O)(=O)c1ccccc1. The number of fused-ring (bicyclic) bond motifs is 5. The van der Waals surface area contributed by atoms with Gasteiger partial charge in [-0.3, -0.25) is 0 Å². The van der Waals surface area contributed by atoms with Gasteiger partial charge in [-0.2, -0.15) is 0 Å². The standard InChI is InChI=1S/C20H24O2S/c1-14(23(21,22)18-7-3-2-4-8-18)12-16-6-5-9-19-15-10-11-17(13-15)20(16)19/h2-8,15-17,19-20H,1,9-13H2. The van der Waals surface area contributed by atoms with Gasteiger partial charge in [-0.25, -0.2) is 8.42 Å². The molecule has 0 aromatic heterocycles. The predicted octanol–water partition coefficient (Wildman–Crippen LogP) is 4.60. The maximum Gasteiger partial charge on any atom is 0.202 e. The average molecular weight is 328 g/mol. The molecule has 2 bridgehead atoms. The van der Waals surface area contributed by atoms with Crippen LogP contribution in [0.15, 0.2) is 58.9 Å². The van der Waals surface area contributed by atoms with Crippen molar-refractivity contribution >= 4 is 9.84 Å². The van der Waals surface area contributed by atoms with Gasteiger partial charge in [-0.05, 0) is 73.8 Å². The molecule has 2 saturated carbocycles. The lowest BCUT2D eigenvalue weighted by molar-refractivity contribution is 0.163. The van der Waals surface area contributed by atoms with E-state index in [0.29, 0.717) is 28.1 Å². The topological polar surface area (TPSA) is 34.1 Å². The molecule has 3 aliphatic carbocycles. The van der Waals surface area contributed by atoms with Crippen LogP contribution in [0.3, 0.4) is 0 Å². The van der Waals surface area contributed by atoms with Gasteiger partial charge in [0.15, 0.2) is 0 Å². The normalized spacial score (nSPS) is 35.2. The molecule has 5 unspecified atom stereocenters. The van der Waals surface area contributed by atoms with Crippen molar-refractivity contribution in [2.75, 3.05) is 0 Å². The van der Waals surface area contributed by atoms with Gasteiger partial charge in [0, 0.05) is 4.91 Å². The van der Waals surface area contributed by atoms with Crippen LogP contribution in [0.5, 0.6) is 0 Å². The molecule has 5 atom stereocenters. The fourth-order valence-corrected chi connectivity index (χ4v) is 6.61. The van der Waals surface area contributed by atoms with E-state index in [1.54, 1.807) is 24.3 Å². The van der Waals surface area contributed by atoms with Crippen molar-refractivity contribution < 1.29 is 8.42 Å². The maximum absolute atomic E-state index is 12.7. The maximum atomic E-state index is 12.7. The first-order valence-electron chi connectivity index (χ1n) is 8.72. The molecule has 0 saturated heterocycles. The summed E-state index contributed by atoms with van der Waals surface area (Å²) in [4.78, 5) is 0.746. The van der Waals surface area contributed by atoms with E-state index < -0.39 is 9.84 Å². The minimum Gasteiger partial charge on any atom is -0.219 e. The second-order valence-corrected chi connectivity index (χ2v) is 9.52. The lowest BCUT2D eigenvalue weighted by Gasteiger charge is -2.38. The Morgan fingerprint density at radius 3 is 2.65 bits per heavy atom. The second kappa shape index (κ2) is 5.62. The van der Waals surface area contributed by atoms with Gasteiger partial charge in [0.2, 0.25) is 9.84 Å². The van der Waals surface area contributed by atoms with Gasteiger partial charge in [-0.1, -0.05) is 36.9 Å². The van der Waals surface area contributed by atoms with Gasteiger partial charge >= 0.3 is 0 Å². The lowest BCUT2D eigenvalue weighted by Crippen LogP contribution is -2.31. The Hall–Kier alpha value is -1.35. The van der Waals surface area contributed by atoms with E-state index in [-0.39, 0.29) is 0 Å². The highest BCUT2D eigenvalue weighted by atomic mass is 32.2. The summed E-state index contributed by atoms with van der Waals surface area (Å²) in [6, 6.07) is 8.71. The Kier molecular flexibility index (Phi) is 3.72. The lowest BCUT2D eigenvalue weighted by atomic mass is 9.67. The third kappa shape index (κ3) is 2.50. The van der Waals surface area contributed by atoms with Gasteiger partial charge < -0.3 is 0 Å². The van der Waals surface area contributed by atoms with E-state index in [9.17, 15) is 8.42 Å². The van der Waals surface area contributed by atoms with Crippen molar-refractivity contribution in [2.24, 2.45) is 29.6 Å². The molecule has 0 aliphatic heterocycles. The summed E-state index contributed by atoms with van der Waals surface area (Å²) >= 11 is 0. The van der Waals surface area contributed by atoms with E-state index in [0.717, 1.165) is 17.8 Å². The minimum absolute atomic E-state index is 0.357. The molecule has 2 nitrogen and oxygen atoms in total. The van der Waals surface area contributed by atoms with E-state index >= 15 is 0 Å².